The molecule has 0 spiro atoms. The highest BCUT2D eigenvalue weighted by atomic mass is 35.5. The van der Waals surface area contributed by atoms with Gasteiger partial charge in [0.05, 0.1) is 0 Å². The Labute approximate surface area is 132 Å². The molecule has 2 bridgehead atoms. The van der Waals surface area contributed by atoms with Crippen molar-refractivity contribution >= 4 is 11.6 Å². The van der Waals surface area contributed by atoms with Gasteiger partial charge in [-0.3, -0.25) is 0 Å². The topological polar surface area (TPSA) is 12.0 Å². The van der Waals surface area contributed by atoms with Crippen molar-refractivity contribution in [2.75, 3.05) is 6.54 Å². The lowest BCUT2D eigenvalue weighted by Gasteiger charge is -2.27. The van der Waals surface area contributed by atoms with E-state index >= 15 is 0 Å². The Morgan fingerprint density at radius 2 is 2.19 bits per heavy atom. The number of hydrogen-bond acceptors (Lipinski definition) is 1. The van der Waals surface area contributed by atoms with E-state index in [0.717, 1.165) is 36.3 Å². The average Bonchev–Trinajstić information content (AvgIpc) is 3.04. The highest BCUT2D eigenvalue weighted by molar-refractivity contribution is 6.30. The summed E-state index contributed by atoms with van der Waals surface area (Å²) < 4.78 is 14.0. The van der Waals surface area contributed by atoms with Crippen molar-refractivity contribution in [3.8, 4) is 0 Å². The number of hydrogen-bond donors (Lipinski definition) is 1. The Morgan fingerprint density at radius 3 is 2.81 bits per heavy atom. The molecule has 1 N–H and O–H groups in total. The molecule has 0 heterocycles. The summed E-state index contributed by atoms with van der Waals surface area (Å²) in [6.45, 7) is 3.08. The van der Waals surface area contributed by atoms with Gasteiger partial charge < -0.3 is 5.32 Å². The zero-order chi connectivity index (χ0) is 14.8. The van der Waals surface area contributed by atoms with Crippen LogP contribution in [0.15, 0.2) is 18.2 Å². The Hall–Kier alpha value is -0.600. The molecular weight excluding hydrogens is 285 g/mol. The lowest BCUT2D eigenvalue weighted by Crippen LogP contribution is -2.34. The van der Waals surface area contributed by atoms with Gasteiger partial charge in [-0.15, -0.1) is 0 Å². The van der Waals surface area contributed by atoms with E-state index in [9.17, 15) is 4.39 Å². The van der Waals surface area contributed by atoms with Crippen LogP contribution in [0.4, 0.5) is 4.39 Å². The van der Waals surface area contributed by atoms with Crippen LogP contribution in [-0.2, 0) is 6.42 Å². The molecule has 0 saturated heterocycles. The molecule has 4 unspecified atom stereocenters. The summed E-state index contributed by atoms with van der Waals surface area (Å²) in [7, 11) is 0. The van der Waals surface area contributed by atoms with Gasteiger partial charge >= 0.3 is 0 Å². The SMILES string of the molecule is CCNC(Cc1ccc(Cl)cc1F)CC1CC2CCC1C2. The van der Waals surface area contributed by atoms with E-state index < -0.39 is 0 Å². The van der Waals surface area contributed by atoms with Gasteiger partial charge in [-0.25, -0.2) is 4.39 Å². The zero-order valence-electron chi connectivity index (χ0n) is 12.7. The van der Waals surface area contributed by atoms with Crippen molar-refractivity contribution in [3.63, 3.8) is 0 Å². The molecule has 116 valence electrons. The highest BCUT2D eigenvalue weighted by Gasteiger charge is 2.40. The fourth-order valence-electron chi connectivity index (χ4n) is 4.51. The van der Waals surface area contributed by atoms with Gasteiger partial charge in [-0.2, -0.15) is 0 Å². The summed E-state index contributed by atoms with van der Waals surface area (Å²) in [6.07, 6.45) is 7.67. The van der Waals surface area contributed by atoms with E-state index in [1.807, 2.05) is 6.07 Å². The Bertz CT molecular complexity index is 490. The monoisotopic (exact) mass is 309 g/mol. The molecule has 2 saturated carbocycles. The molecule has 2 fully saturated rings. The van der Waals surface area contributed by atoms with Crippen LogP contribution >= 0.6 is 11.6 Å². The number of halogens is 2. The minimum absolute atomic E-state index is 0.168. The van der Waals surface area contributed by atoms with Crippen molar-refractivity contribution in [3.05, 3.63) is 34.6 Å². The minimum atomic E-state index is -0.168. The van der Waals surface area contributed by atoms with Crippen LogP contribution in [0.25, 0.3) is 0 Å². The number of fused-ring (bicyclic) bond motifs is 2. The molecule has 0 aliphatic heterocycles. The fourth-order valence-corrected chi connectivity index (χ4v) is 4.67. The van der Waals surface area contributed by atoms with Crippen molar-refractivity contribution < 1.29 is 4.39 Å². The third-order valence-corrected chi connectivity index (χ3v) is 5.68. The predicted molar refractivity (Wildman–Crippen MR) is 86.1 cm³/mol. The third kappa shape index (κ3) is 3.60. The third-order valence-electron chi connectivity index (χ3n) is 5.45. The van der Waals surface area contributed by atoms with Crippen molar-refractivity contribution in [1.29, 1.82) is 0 Å². The summed E-state index contributed by atoms with van der Waals surface area (Å²) in [5.74, 6) is 2.60. The standard InChI is InChI=1S/C18H25ClFN/c1-2-21-17(9-14-5-6-16(19)11-18(14)20)10-15-8-12-3-4-13(15)7-12/h5-6,11-13,15,17,21H,2-4,7-10H2,1H3. The molecule has 4 atom stereocenters. The number of rotatable bonds is 6. The fraction of sp³-hybridized carbons (Fsp3) is 0.667. The first-order valence-corrected chi connectivity index (χ1v) is 8.70. The zero-order valence-corrected chi connectivity index (χ0v) is 13.5. The van der Waals surface area contributed by atoms with Crippen LogP contribution in [0.1, 0.15) is 44.6 Å². The molecule has 0 amide bonds. The molecule has 0 aromatic heterocycles. The maximum atomic E-state index is 14.0. The molecule has 1 nitrogen and oxygen atoms in total. The maximum absolute atomic E-state index is 14.0. The van der Waals surface area contributed by atoms with Gasteiger partial charge in [0.1, 0.15) is 5.82 Å². The van der Waals surface area contributed by atoms with Crippen LogP contribution in [0.5, 0.6) is 0 Å². The van der Waals surface area contributed by atoms with Gasteiger partial charge in [0, 0.05) is 11.1 Å². The van der Waals surface area contributed by atoms with Gasteiger partial charge in [0.15, 0.2) is 0 Å². The van der Waals surface area contributed by atoms with Gasteiger partial charge in [0.25, 0.3) is 0 Å². The number of benzene rings is 1. The largest absolute Gasteiger partial charge is 0.314 e. The summed E-state index contributed by atoms with van der Waals surface area (Å²) in [6, 6.07) is 5.44. The summed E-state index contributed by atoms with van der Waals surface area (Å²) >= 11 is 5.84. The van der Waals surface area contributed by atoms with Crippen LogP contribution < -0.4 is 5.32 Å². The maximum Gasteiger partial charge on any atom is 0.127 e. The number of likely N-dealkylation sites (N-methyl/N-ethyl adjacent to an activating group) is 1. The van der Waals surface area contributed by atoms with Crippen LogP contribution in [0, 0.1) is 23.6 Å². The van der Waals surface area contributed by atoms with E-state index in [-0.39, 0.29) is 5.82 Å². The lowest BCUT2D eigenvalue weighted by molar-refractivity contribution is 0.277. The van der Waals surface area contributed by atoms with E-state index in [1.54, 1.807) is 6.07 Å². The smallest absolute Gasteiger partial charge is 0.127 e. The minimum Gasteiger partial charge on any atom is -0.314 e. The second kappa shape index (κ2) is 6.66. The van der Waals surface area contributed by atoms with Crippen LogP contribution in [-0.4, -0.2) is 12.6 Å². The summed E-state index contributed by atoms with van der Waals surface area (Å²) in [5.41, 5.74) is 0.786. The van der Waals surface area contributed by atoms with Gasteiger partial charge in [-0.05, 0) is 74.1 Å². The molecule has 0 radical (unpaired) electrons. The second-order valence-corrected chi connectivity index (χ2v) is 7.30. The van der Waals surface area contributed by atoms with Crippen LogP contribution in [0.2, 0.25) is 5.02 Å². The van der Waals surface area contributed by atoms with E-state index in [2.05, 4.69) is 12.2 Å². The van der Waals surface area contributed by atoms with E-state index in [4.69, 9.17) is 11.6 Å². The molecule has 2 aliphatic carbocycles. The first kappa shape index (κ1) is 15.3. The van der Waals surface area contributed by atoms with Crippen molar-refractivity contribution in [2.45, 2.75) is 51.5 Å². The quantitative estimate of drug-likeness (QED) is 0.794. The van der Waals surface area contributed by atoms with Crippen molar-refractivity contribution in [2.24, 2.45) is 17.8 Å². The molecule has 1 aromatic rings. The molecule has 3 heteroatoms. The molecule has 2 aliphatic rings. The first-order chi connectivity index (χ1) is 10.2. The predicted octanol–water partition coefficient (Wildman–Crippen LogP) is 4.83. The van der Waals surface area contributed by atoms with Gasteiger partial charge in [-0.1, -0.05) is 31.0 Å². The lowest BCUT2D eigenvalue weighted by atomic mass is 9.83. The Kier molecular flexibility index (Phi) is 4.85. The summed E-state index contributed by atoms with van der Waals surface area (Å²) in [5, 5.41) is 4.04. The molecular formula is C18H25ClFN. The summed E-state index contributed by atoms with van der Waals surface area (Å²) in [4.78, 5) is 0. The van der Waals surface area contributed by atoms with Crippen molar-refractivity contribution in [1.82, 2.24) is 5.32 Å². The second-order valence-electron chi connectivity index (χ2n) is 6.87. The first-order valence-electron chi connectivity index (χ1n) is 8.33. The highest BCUT2D eigenvalue weighted by Crippen LogP contribution is 2.50. The Balaban J connectivity index is 1.64. The van der Waals surface area contributed by atoms with E-state index in [0.29, 0.717) is 11.1 Å². The van der Waals surface area contributed by atoms with Crippen LogP contribution in [0.3, 0.4) is 0 Å². The van der Waals surface area contributed by atoms with Gasteiger partial charge in [0.2, 0.25) is 0 Å². The Morgan fingerprint density at radius 1 is 1.33 bits per heavy atom. The average molecular weight is 310 g/mol. The molecule has 1 aromatic carbocycles. The molecule has 3 rings (SSSR count). The molecule has 21 heavy (non-hydrogen) atoms. The number of nitrogens with one attached hydrogen (secondary N) is 1. The normalized spacial score (nSPS) is 29.0. The van der Waals surface area contributed by atoms with E-state index in [1.165, 1.54) is 38.2 Å².